The Kier molecular flexibility index (Phi) is 6.51. The fourth-order valence-corrected chi connectivity index (χ4v) is 3.25. The average molecular weight is 385 g/mol. The first-order valence-corrected chi connectivity index (χ1v) is 9.69. The molecule has 0 radical (unpaired) electrons. The Labute approximate surface area is 165 Å². The summed E-state index contributed by atoms with van der Waals surface area (Å²) in [5, 5.41) is 4.93. The molecule has 0 spiro atoms. The highest BCUT2D eigenvalue weighted by molar-refractivity contribution is 6.30. The van der Waals surface area contributed by atoms with Crippen molar-refractivity contribution in [3.63, 3.8) is 0 Å². The minimum atomic E-state index is -0.129. The number of nitrogens with zero attached hydrogens (tertiary/aromatic N) is 2. The number of benzene rings is 2. The zero-order valence-corrected chi connectivity index (χ0v) is 16.5. The van der Waals surface area contributed by atoms with Crippen molar-refractivity contribution >= 4 is 23.2 Å². The lowest BCUT2D eigenvalue weighted by molar-refractivity contribution is -0.134. The molecular weight excluding hydrogens is 360 g/mol. The van der Waals surface area contributed by atoms with E-state index in [0.29, 0.717) is 36.9 Å². The van der Waals surface area contributed by atoms with Crippen molar-refractivity contribution in [3.8, 4) is 0 Å². The summed E-state index contributed by atoms with van der Waals surface area (Å²) in [6, 6.07) is 17.6. The molecule has 2 aromatic carbocycles. The number of carbonyl (C=O) groups is 1. The second-order valence-electron chi connectivity index (χ2n) is 7.33. The predicted molar refractivity (Wildman–Crippen MR) is 109 cm³/mol. The number of rotatable bonds is 7. The first-order valence-electron chi connectivity index (χ1n) is 9.31. The van der Waals surface area contributed by atoms with Gasteiger partial charge in [-0.15, -0.1) is 0 Å². The van der Waals surface area contributed by atoms with Gasteiger partial charge in [-0.1, -0.05) is 73.1 Å². The first kappa shape index (κ1) is 19.4. The normalized spacial score (nSPS) is 16.1. The van der Waals surface area contributed by atoms with E-state index in [-0.39, 0.29) is 12.0 Å². The fraction of sp³-hybridized carbons (Fsp3) is 0.364. The first-order chi connectivity index (χ1) is 13.0. The van der Waals surface area contributed by atoms with E-state index in [4.69, 9.17) is 16.4 Å². The molecule has 3 rings (SSSR count). The highest BCUT2D eigenvalue weighted by Crippen LogP contribution is 2.21. The van der Waals surface area contributed by atoms with E-state index in [9.17, 15) is 4.79 Å². The quantitative estimate of drug-likeness (QED) is 0.680. The van der Waals surface area contributed by atoms with E-state index in [1.165, 1.54) is 0 Å². The molecule has 5 heteroatoms. The van der Waals surface area contributed by atoms with E-state index >= 15 is 0 Å². The summed E-state index contributed by atoms with van der Waals surface area (Å²) in [4.78, 5) is 20.3. The van der Waals surface area contributed by atoms with Crippen molar-refractivity contribution in [1.82, 2.24) is 4.90 Å². The lowest BCUT2D eigenvalue weighted by Gasteiger charge is -2.26. The standard InChI is InChI=1S/C22H25ClN2O2/c1-16(2)12-22(26)25(14-17-6-4-3-5-7-17)15-20-13-21(24-27-20)18-8-10-19(23)11-9-18/h3-11,16,20H,12-15H2,1-2H3/t20-/m1/s1. The Balaban J connectivity index is 1.65. The van der Waals surface area contributed by atoms with Crippen LogP contribution in [0.1, 0.15) is 37.8 Å². The minimum absolute atomic E-state index is 0.129. The van der Waals surface area contributed by atoms with E-state index in [0.717, 1.165) is 16.8 Å². The van der Waals surface area contributed by atoms with Crippen molar-refractivity contribution in [1.29, 1.82) is 0 Å². The molecule has 0 fully saturated rings. The molecule has 0 saturated carbocycles. The van der Waals surface area contributed by atoms with E-state index < -0.39 is 0 Å². The van der Waals surface area contributed by atoms with Crippen LogP contribution in [-0.4, -0.2) is 29.2 Å². The van der Waals surface area contributed by atoms with E-state index in [1.807, 2.05) is 59.5 Å². The maximum atomic E-state index is 12.8. The van der Waals surface area contributed by atoms with Crippen LogP contribution in [-0.2, 0) is 16.2 Å². The van der Waals surface area contributed by atoms with Crippen molar-refractivity contribution in [2.24, 2.45) is 11.1 Å². The Morgan fingerprint density at radius 2 is 1.89 bits per heavy atom. The number of hydrogen-bond acceptors (Lipinski definition) is 3. The molecule has 1 amide bonds. The molecule has 0 saturated heterocycles. The summed E-state index contributed by atoms with van der Waals surface area (Å²) < 4.78 is 0. The van der Waals surface area contributed by atoms with Gasteiger partial charge < -0.3 is 9.74 Å². The van der Waals surface area contributed by atoms with Crippen molar-refractivity contribution in [2.45, 2.75) is 39.3 Å². The summed E-state index contributed by atoms with van der Waals surface area (Å²) in [5.74, 6) is 0.471. The highest BCUT2D eigenvalue weighted by atomic mass is 35.5. The molecule has 0 bridgehead atoms. The Morgan fingerprint density at radius 1 is 1.19 bits per heavy atom. The largest absolute Gasteiger partial charge is 0.390 e. The Bertz CT molecular complexity index is 788. The van der Waals surface area contributed by atoms with Crippen LogP contribution in [0, 0.1) is 5.92 Å². The molecule has 0 aliphatic carbocycles. The molecule has 4 nitrogen and oxygen atoms in total. The molecule has 0 unspecified atom stereocenters. The van der Waals surface area contributed by atoms with Crippen LogP contribution in [0.15, 0.2) is 59.8 Å². The topological polar surface area (TPSA) is 41.9 Å². The maximum absolute atomic E-state index is 12.8. The molecule has 1 aliphatic heterocycles. The summed E-state index contributed by atoms with van der Waals surface area (Å²) in [7, 11) is 0. The van der Waals surface area contributed by atoms with Gasteiger partial charge in [-0.25, -0.2) is 0 Å². The lowest BCUT2D eigenvalue weighted by Crippen LogP contribution is -2.37. The summed E-state index contributed by atoms with van der Waals surface area (Å²) in [6.45, 7) is 5.24. The summed E-state index contributed by atoms with van der Waals surface area (Å²) in [6.07, 6.45) is 1.09. The smallest absolute Gasteiger partial charge is 0.223 e. The lowest BCUT2D eigenvalue weighted by atomic mass is 10.0. The third-order valence-corrected chi connectivity index (χ3v) is 4.74. The van der Waals surface area contributed by atoms with Gasteiger partial charge in [0.2, 0.25) is 5.91 Å². The maximum Gasteiger partial charge on any atom is 0.223 e. The van der Waals surface area contributed by atoms with Crippen molar-refractivity contribution < 1.29 is 9.63 Å². The monoisotopic (exact) mass is 384 g/mol. The van der Waals surface area contributed by atoms with Gasteiger partial charge in [0.15, 0.2) is 6.10 Å². The van der Waals surface area contributed by atoms with Gasteiger partial charge >= 0.3 is 0 Å². The van der Waals surface area contributed by atoms with Gasteiger partial charge in [0.25, 0.3) is 0 Å². The van der Waals surface area contributed by atoms with Gasteiger partial charge in [-0.3, -0.25) is 4.79 Å². The predicted octanol–water partition coefficient (Wildman–Crippen LogP) is 4.91. The van der Waals surface area contributed by atoms with Gasteiger partial charge in [-0.05, 0) is 29.2 Å². The van der Waals surface area contributed by atoms with Crippen LogP contribution >= 0.6 is 11.6 Å². The van der Waals surface area contributed by atoms with Crippen molar-refractivity contribution in [3.05, 3.63) is 70.7 Å². The number of hydrogen-bond donors (Lipinski definition) is 0. The van der Waals surface area contributed by atoms with E-state index in [1.54, 1.807) is 0 Å². The summed E-state index contributed by atoms with van der Waals surface area (Å²) in [5.41, 5.74) is 3.02. The molecule has 27 heavy (non-hydrogen) atoms. The fourth-order valence-electron chi connectivity index (χ4n) is 3.12. The molecule has 2 aromatic rings. The number of amides is 1. The zero-order chi connectivity index (χ0) is 19.2. The SMILES string of the molecule is CC(C)CC(=O)N(Cc1ccccc1)C[C@H]1CC(c2ccc(Cl)cc2)=NO1. The van der Waals surface area contributed by atoms with Crippen LogP contribution in [0.3, 0.4) is 0 Å². The second-order valence-corrected chi connectivity index (χ2v) is 7.77. The molecule has 1 atom stereocenters. The molecular formula is C22H25ClN2O2. The second kappa shape index (κ2) is 9.05. The molecule has 1 heterocycles. The third kappa shape index (κ3) is 5.57. The van der Waals surface area contributed by atoms with Crippen LogP contribution < -0.4 is 0 Å². The zero-order valence-electron chi connectivity index (χ0n) is 15.8. The highest BCUT2D eigenvalue weighted by Gasteiger charge is 2.27. The average Bonchev–Trinajstić information content (AvgIpc) is 3.10. The van der Waals surface area contributed by atoms with Crippen molar-refractivity contribution in [2.75, 3.05) is 6.54 Å². The molecule has 0 N–H and O–H groups in total. The summed E-state index contributed by atoms with van der Waals surface area (Å²) >= 11 is 5.95. The minimum Gasteiger partial charge on any atom is -0.390 e. The van der Waals surface area contributed by atoms with Gasteiger partial charge in [0, 0.05) is 24.4 Å². The van der Waals surface area contributed by atoms with Crippen LogP contribution in [0.2, 0.25) is 5.02 Å². The molecule has 0 aromatic heterocycles. The molecule has 1 aliphatic rings. The van der Waals surface area contributed by atoms with Gasteiger partial charge in [0.05, 0.1) is 12.3 Å². The number of halogens is 1. The van der Waals surface area contributed by atoms with Crippen LogP contribution in [0.5, 0.6) is 0 Å². The number of carbonyl (C=O) groups excluding carboxylic acids is 1. The number of oxime groups is 1. The van der Waals surface area contributed by atoms with Crippen LogP contribution in [0.4, 0.5) is 0 Å². The van der Waals surface area contributed by atoms with Gasteiger partial charge in [0.1, 0.15) is 0 Å². The van der Waals surface area contributed by atoms with Gasteiger partial charge in [-0.2, -0.15) is 0 Å². The Morgan fingerprint density at radius 3 is 2.56 bits per heavy atom. The molecule has 142 valence electrons. The van der Waals surface area contributed by atoms with Crippen LogP contribution in [0.25, 0.3) is 0 Å². The third-order valence-electron chi connectivity index (χ3n) is 4.49. The Hall–Kier alpha value is -2.33. The van der Waals surface area contributed by atoms with E-state index in [2.05, 4.69) is 19.0 Å².